The molecule has 22 heavy (non-hydrogen) atoms. The number of benzene rings is 1. The minimum absolute atomic E-state index is 0.0307. The van der Waals surface area contributed by atoms with Crippen molar-refractivity contribution in [2.45, 2.75) is 33.6 Å². The number of hydrogen-bond acceptors (Lipinski definition) is 2. The molecule has 1 saturated carbocycles. The number of anilines is 1. The summed E-state index contributed by atoms with van der Waals surface area (Å²) in [5.74, 6) is 0.378. The number of para-hydroxylation sites is 1. The smallest absolute Gasteiger partial charge is 0.230 e. The van der Waals surface area contributed by atoms with Gasteiger partial charge in [-0.15, -0.1) is 0 Å². The van der Waals surface area contributed by atoms with Crippen LogP contribution in [0, 0.1) is 17.8 Å². The zero-order valence-corrected chi connectivity index (χ0v) is 13.7. The van der Waals surface area contributed by atoms with E-state index in [0.29, 0.717) is 25.4 Å². The summed E-state index contributed by atoms with van der Waals surface area (Å²) < 4.78 is 0. The molecule has 2 unspecified atom stereocenters. The Morgan fingerprint density at radius 3 is 2.50 bits per heavy atom. The summed E-state index contributed by atoms with van der Waals surface area (Å²) in [7, 11) is 0. The molecule has 0 heterocycles. The van der Waals surface area contributed by atoms with Gasteiger partial charge in [-0.25, -0.2) is 0 Å². The van der Waals surface area contributed by atoms with Crippen LogP contribution in [-0.4, -0.2) is 24.9 Å². The molecule has 1 N–H and O–H groups in total. The van der Waals surface area contributed by atoms with Crippen molar-refractivity contribution in [2.75, 3.05) is 18.0 Å². The van der Waals surface area contributed by atoms with Gasteiger partial charge in [-0.3, -0.25) is 9.59 Å². The molecular weight excluding hydrogens is 276 g/mol. The van der Waals surface area contributed by atoms with E-state index < -0.39 is 0 Å². The van der Waals surface area contributed by atoms with E-state index in [2.05, 4.69) is 19.2 Å². The molecule has 1 aromatic rings. The second-order valence-electron chi connectivity index (χ2n) is 6.34. The van der Waals surface area contributed by atoms with Crippen LogP contribution >= 0.6 is 0 Å². The van der Waals surface area contributed by atoms with E-state index >= 15 is 0 Å². The van der Waals surface area contributed by atoms with Crippen molar-refractivity contribution >= 4 is 17.5 Å². The highest BCUT2D eigenvalue weighted by Crippen LogP contribution is 2.40. The summed E-state index contributed by atoms with van der Waals surface area (Å²) in [4.78, 5) is 26.4. The maximum atomic E-state index is 12.6. The van der Waals surface area contributed by atoms with Crippen LogP contribution in [0.2, 0.25) is 0 Å². The van der Waals surface area contributed by atoms with Crippen molar-refractivity contribution in [3.63, 3.8) is 0 Å². The van der Waals surface area contributed by atoms with Crippen molar-refractivity contribution in [3.8, 4) is 0 Å². The Balaban J connectivity index is 1.88. The van der Waals surface area contributed by atoms with Crippen LogP contribution in [0.25, 0.3) is 0 Å². The van der Waals surface area contributed by atoms with Gasteiger partial charge in [0, 0.05) is 18.8 Å². The average Bonchev–Trinajstić information content (AvgIpc) is 3.29. The number of rotatable bonds is 7. The summed E-state index contributed by atoms with van der Waals surface area (Å²) >= 11 is 0. The first-order chi connectivity index (χ1) is 10.5. The molecule has 1 aliphatic rings. The maximum Gasteiger partial charge on any atom is 0.230 e. The Hall–Kier alpha value is -1.84. The Morgan fingerprint density at radius 1 is 1.23 bits per heavy atom. The Kier molecular flexibility index (Phi) is 5.58. The van der Waals surface area contributed by atoms with Gasteiger partial charge in [0.05, 0.1) is 11.8 Å². The molecule has 0 aliphatic heterocycles. The van der Waals surface area contributed by atoms with Gasteiger partial charge >= 0.3 is 0 Å². The summed E-state index contributed by atoms with van der Waals surface area (Å²) in [6, 6.07) is 9.65. The van der Waals surface area contributed by atoms with Crippen LogP contribution in [0.3, 0.4) is 0 Å². The van der Waals surface area contributed by atoms with E-state index in [1.165, 1.54) is 0 Å². The largest absolute Gasteiger partial charge is 0.356 e. The number of carbonyl (C=O) groups excluding carboxylic acids is 2. The fraction of sp³-hybridized carbons (Fsp3) is 0.556. The topological polar surface area (TPSA) is 49.4 Å². The number of nitrogens with one attached hydrogen (secondary N) is 1. The monoisotopic (exact) mass is 302 g/mol. The van der Waals surface area contributed by atoms with E-state index in [9.17, 15) is 9.59 Å². The molecule has 4 heteroatoms. The molecule has 0 aromatic heterocycles. The molecular formula is C18H26N2O2. The van der Waals surface area contributed by atoms with E-state index in [1.54, 1.807) is 4.90 Å². The standard InChI is InChI=1S/C18H26N2O2/c1-4-20(14-8-6-5-7-9-14)18(22)16-12-15(16)17(21)19-11-10-13(2)3/h5-9,13,15-16H,4,10-12H2,1-3H3,(H,19,21). The van der Waals surface area contributed by atoms with Gasteiger partial charge in [0.25, 0.3) is 0 Å². The zero-order valence-electron chi connectivity index (χ0n) is 13.7. The molecule has 2 rings (SSSR count). The van der Waals surface area contributed by atoms with Crippen LogP contribution < -0.4 is 10.2 Å². The maximum absolute atomic E-state index is 12.6. The van der Waals surface area contributed by atoms with E-state index in [-0.39, 0.29) is 23.7 Å². The van der Waals surface area contributed by atoms with Crippen molar-refractivity contribution in [1.82, 2.24) is 5.32 Å². The van der Waals surface area contributed by atoms with Gasteiger partial charge in [0.1, 0.15) is 0 Å². The van der Waals surface area contributed by atoms with E-state index in [4.69, 9.17) is 0 Å². The molecule has 1 aliphatic carbocycles. The van der Waals surface area contributed by atoms with Gasteiger partial charge in [0.15, 0.2) is 0 Å². The second-order valence-corrected chi connectivity index (χ2v) is 6.34. The zero-order chi connectivity index (χ0) is 16.1. The molecule has 0 saturated heterocycles. The predicted octanol–water partition coefficient (Wildman–Crippen LogP) is 2.84. The Morgan fingerprint density at radius 2 is 1.91 bits per heavy atom. The second kappa shape index (κ2) is 7.43. The summed E-state index contributed by atoms with van der Waals surface area (Å²) in [6.07, 6.45) is 1.65. The summed E-state index contributed by atoms with van der Waals surface area (Å²) in [5, 5.41) is 2.95. The Labute approximate surface area is 132 Å². The lowest BCUT2D eigenvalue weighted by Gasteiger charge is -2.21. The molecule has 2 atom stereocenters. The van der Waals surface area contributed by atoms with Crippen LogP contribution in [0.5, 0.6) is 0 Å². The first kappa shape index (κ1) is 16.5. The predicted molar refractivity (Wildman–Crippen MR) is 88.5 cm³/mol. The third-order valence-electron chi connectivity index (χ3n) is 4.12. The van der Waals surface area contributed by atoms with E-state index in [0.717, 1.165) is 12.1 Å². The van der Waals surface area contributed by atoms with E-state index in [1.807, 2.05) is 37.3 Å². The quantitative estimate of drug-likeness (QED) is 0.842. The van der Waals surface area contributed by atoms with Crippen LogP contribution in [0.4, 0.5) is 5.69 Å². The minimum Gasteiger partial charge on any atom is -0.356 e. The lowest BCUT2D eigenvalue weighted by Crippen LogP contribution is -2.34. The molecule has 0 spiro atoms. The van der Waals surface area contributed by atoms with Gasteiger partial charge in [-0.1, -0.05) is 32.0 Å². The lowest BCUT2D eigenvalue weighted by atomic mass is 10.1. The first-order valence-electron chi connectivity index (χ1n) is 8.18. The fourth-order valence-corrected chi connectivity index (χ4v) is 2.65. The third-order valence-corrected chi connectivity index (χ3v) is 4.12. The van der Waals surface area contributed by atoms with Crippen molar-refractivity contribution in [3.05, 3.63) is 30.3 Å². The van der Waals surface area contributed by atoms with Crippen molar-refractivity contribution in [2.24, 2.45) is 17.8 Å². The summed E-state index contributed by atoms with van der Waals surface area (Å²) in [5.41, 5.74) is 0.904. The molecule has 0 radical (unpaired) electrons. The molecule has 120 valence electrons. The van der Waals surface area contributed by atoms with Gasteiger partial charge in [0.2, 0.25) is 11.8 Å². The number of nitrogens with zero attached hydrogens (tertiary/aromatic N) is 1. The average molecular weight is 302 g/mol. The van der Waals surface area contributed by atoms with Gasteiger partial charge in [-0.2, -0.15) is 0 Å². The summed E-state index contributed by atoms with van der Waals surface area (Å²) in [6.45, 7) is 7.55. The van der Waals surface area contributed by atoms with Crippen molar-refractivity contribution in [1.29, 1.82) is 0 Å². The third kappa shape index (κ3) is 4.09. The normalized spacial score (nSPS) is 19.8. The highest BCUT2D eigenvalue weighted by molar-refractivity contribution is 6.01. The molecule has 0 bridgehead atoms. The fourth-order valence-electron chi connectivity index (χ4n) is 2.65. The van der Waals surface area contributed by atoms with Gasteiger partial charge < -0.3 is 10.2 Å². The number of carbonyl (C=O) groups is 2. The molecule has 1 fully saturated rings. The van der Waals surface area contributed by atoms with Crippen LogP contribution in [0.1, 0.15) is 33.6 Å². The molecule has 2 amide bonds. The highest BCUT2D eigenvalue weighted by atomic mass is 16.2. The molecule has 1 aromatic carbocycles. The van der Waals surface area contributed by atoms with Crippen molar-refractivity contribution < 1.29 is 9.59 Å². The lowest BCUT2D eigenvalue weighted by molar-refractivity contribution is -0.126. The molecule has 4 nitrogen and oxygen atoms in total. The minimum atomic E-state index is -0.154. The Bertz CT molecular complexity index is 513. The number of hydrogen-bond donors (Lipinski definition) is 1. The van der Waals surface area contributed by atoms with Crippen LogP contribution in [0.15, 0.2) is 30.3 Å². The number of amides is 2. The first-order valence-corrected chi connectivity index (χ1v) is 8.18. The highest BCUT2D eigenvalue weighted by Gasteiger charge is 2.49. The SMILES string of the molecule is CCN(C(=O)C1CC1C(=O)NCCC(C)C)c1ccccc1. The van der Waals surface area contributed by atoms with Crippen LogP contribution in [-0.2, 0) is 9.59 Å². The van der Waals surface area contributed by atoms with Gasteiger partial charge in [-0.05, 0) is 37.8 Å².